The molecular weight excluding hydrogens is 301 g/mol. The molecule has 0 aliphatic carbocycles. The Kier molecular flexibility index (Phi) is 4.47. The minimum Gasteiger partial charge on any atom is -0.399 e. The van der Waals surface area contributed by atoms with Crippen LogP contribution in [0.2, 0.25) is 0 Å². The SMILES string of the molecule is CC(Cc1ccc(B2OC(C)(C)C(C)(C)O2)cc1)S(N)(=O)=O. The monoisotopic (exact) mass is 325 g/mol. The normalized spacial score (nSPS) is 21.8. The number of rotatable bonds is 4. The summed E-state index contributed by atoms with van der Waals surface area (Å²) in [5.41, 5.74) is 1.09. The molecule has 1 fully saturated rings. The van der Waals surface area contributed by atoms with Gasteiger partial charge in [0, 0.05) is 0 Å². The van der Waals surface area contributed by atoms with Crippen molar-refractivity contribution >= 4 is 22.6 Å². The summed E-state index contributed by atoms with van der Waals surface area (Å²) in [5.74, 6) is 0. The van der Waals surface area contributed by atoms with E-state index in [1.165, 1.54) is 0 Å². The fourth-order valence-electron chi connectivity index (χ4n) is 2.24. The molecule has 2 N–H and O–H groups in total. The first kappa shape index (κ1) is 17.5. The molecule has 22 heavy (non-hydrogen) atoms. The third-order valence-electron chi connectivity index (χ3n) is 4.59. The molecule has 1 heterocycles. The van der Waals surface area contributed by atoms with Crippen molar-refractivity contribution in [2.45, 2.75) is 57.5 Å². The summed E-state index contributed by atoms with van der Waals surface area (Å²) in [4.78, 5) is 0. The van der Waals surface area contributed by atoms with Crippen LogP contribution in [0, 0.1) is 0 Å². The molecule has 2 rings (SSSR count). The lowest BCUT2D eigenvalue weighted by Gasteiger charge is -2.32. The molecular formula is C15H24BNO4S. The Morgan fingerprint density at radius 3 is 1.95 bits per heavy atom. The first-order valence-electron chi connectivity index (χ1n) is 7.38. The predicted octanol–water partition coefficient (Wildman–Crippen LogP) is 1.21. The third-order valence-corrected chi connectivity index (χ3v) is 5.88. The van der Waals surface area contributed by atoms with E-state index in [1.54, 1.807) is 6.92 Å². The van der Waals surface area contributed by atoms with Gasteiger partial charge in [0.25, 0.3) is 0 Å². The summed E-state index contributed by atoms with van der Waals surface area (Å²) < 4.78 is 34.6. The summed E-state index contributed by atoms with van der Waals surface area (Å²) in [6, 6.07) is 7.60. The van der Waals surface area contributed by atoms with Gasteiger partial charge in [0.2, 0.25) is 10.0 Å². The number of sulfonamides is 1. The van der Waals surface area contributed by atoms with E-state index in [0.29, 0.717) is 6.42 Å². The molecule has 1 atom stereocenters. The smallest absolute Gasteiger partial charge is 0.399 e. The van der Waals surface area contributed by atoms with Gasteiger partial charge >= 0.3 is 7.12 Å². The zero-order valence-corrected chi connectivity index (χ0v) is 14.6. The second kappa shape index (κ2) is 5.63. The van der Waals surface area contributed by atoms with Gasteiger partial charge in [-0.3, -0.25) is 0 Å². The Balaban J connectivity index is 2.11. The van der Waals surface area contributed by atoms with Crippen molar-refractivity contribution in [1.82, 2.24) is 0 Å². The second-order valence-electron chi connectivity index (χ2n) is 6.93. The highest BCUT2D eigenvalue weighted by atomic mass is 32.2. The van der Waals surface area contributed by atoms with Crippen molar-refractivity contribution in [3.63, 3.8) is 0 Å². The van der Waals surface area contributed by atoms with Crippen LogP contribution in [-0.2, 0) is 25.8 Å². The maximum atomic E-state index is 11.3. The van der Waals surface area contributed by atoms with Gasteiger partial charge in [-0.2, -0.15) is 0 Å². The highest BCUT2D eigenvalue weighted by Crippen LogP contribution is 2.36. The Hall–Kier alpha value is -0.885. The Bertz CT molecular complexity index is 624. The van der Waals surface area contributed by atoms with Crippen molar-refractivity contribution in [3.05, 3.63) is 29.8 Å². The minimum absolute atomic E-state index is 0.377. The maximum absolute atomic E-state index is 11.3. The molecule has 0 aromatic heterocycles. The highest BCUT2D eigenvalue weighted by molar-refractivity contribution is 7.89. The quantitative estimate of drug-likeness (QED) is 0.844. The molecule has 5 nitrogen and oxygen atoms in total. The van der Waals surface area contributed by atoms with E-state index >= 15 is 0 Å². The Morgan fingerprint density at radius 1 is 1.09 bits per heavy atom. The van der Waals surface area contributed by atoms with Crippen LogP contribution in [0.15, 0.2) is 24.3 Å². The van der Waals surface area contributed by atoms with Gasteiger partial charge < -0.3 is 9.31 Å². The summed E-state index contributed by atoms with van der Waals surface area (Å²) in [6.07, 6.45) is 0.391. The zero-order valence-electron chi connectivity index (χ0n) is 13.8. The van der Waals surface area contributed by atoms with Crippen molar-refractivity contribution < 1.29 is 17.7 Å². The number of primary sulfonamides is 1. The highest BCUT2D eigenvalue weighted by Gasteiger charge is 2.51. The molecule has 1 unspecified atom stereocenters. The predicted molar refractivity (Wildman–Crippen MR) is 88.4 cm³/mol. The molecule has 0 amide bonds. The average molecular weight is 325 g/mol. The summed E-state index contributed by atoms with van der Waals surface area (Å²) in [5, 5.41) is 4.55. The lowest BCUT2D eigenvalue weighted by atomic mass is 9.79. The summed E-state index contributed by atoms with van der Waals surface area (Å²) >= 11 is 0. The van der Waals surface area contributed by atoms with E-state index in [9.17, 15) is 8.42 Å². The van der Waals surface area contributed by atoms with E-state index in [1.807, 2.05) is 52.0 Å². The van der Waals surface area contributed by atoms with Crippen LogP contribution in [0.1, 0.15) is 40.2 Å². The molecule has 122 valence electrons. The molecule has 1 aromatic rings. The molecule has 1 aromatic carbocycles. The number of hydrogen-bond acceptors (Lipinski definition) is 4. The van der Waals surface area contributed by atoms with Crippen LogP contribution < -0.4 is 10.6 Å². The fourth-order valence-corrected chi connectivity index (χ4v) is 2.66. The Morgan fingerprint density at radius 2 is 1.55 bits per heavy atom. The van der Waals surface area contributed by atoms with Gasteiger partial charge in [0.05, 0.1) is 16.5 Å². The van der Waals surface area contributed by atoms with Crippen LogP contribution in [0.5, 0.6) is 0 Å². The molecule has 7 heteroatoms. The van der Waals surface area contributed by atoms with Crippen LogP contribution in [-0.4, -0.2) is 32.0 Å². The van der Waals surface area contributed by atoms with Crippen LogP contribution in [0.25, 0.3) is 0 Å². The summed E-state index contributed by atoms with van der Waals surface area (Å²) in [7, 11) is -3.91. The molecule has 0 spiro atoms. The molecule has 1 saturated heterocycles. The topological polar surface area (TPSA) is 78.6 Å². The van der Waals surface area contributed by atoms with E-state index in [2.05, 4.69) is 0 Å². The Labute approximate surface area is 133 Å². The van der Waals surface area contributed by atoms with Crippen molar-refractivity contribution in [1.29, 1.82) is 0 Å². The van der Waals surface area contributed by atoms with Gasteiger partial charge in [-0.1, -0.05) is 24.3 Å². The lowest BCUT2D eigenvalue weighted by Crippen LogP contribution is -2.41. The van der Waals surface area contributed by atoms with Gasteiger partial charge in [0.15, 0.2) is 0 Å². The summed E-state index contributed by atoms with van der Waals surface area (Å²) in [6.45, 7) is 9.64. The van der Waals surface area contributed by atoms with Gasteiger partial charge in [-0.05, 0) is 52.1 Å². The average Bonchev–Trinajstić information content (AvgIpc) is 2.58. The van der Waals surface area contributed by atoms with E-state index in [-0.39, 0.29) is 11.2 Å². The van der Waals surface area contributed by atoms with Gasteiger partial charge in [-0.25, -0.2) is 13.6 Å². The fraction of sp³-hybridized carbons (Fsp3) is 0.600. The molecule has 0 saturated carbocycles. The molecule has 1 aliphatic heterocycles. The molecule has 0 bridgehead atoms. The van der Waals surface area contributed by atoms with Gasteiger partial charge in [-0.15, -0.1) is 0 Å². The van der Waals surface area contributed by atoms with E-state index in [0.717, 1.165) is 11.0 Å². The third kappa shape index (κ3) is 3.54. The second-order valence-corrected chi connectivity index (χ2v) is 8.92. The van der Waals surface area contributed by atoms with Crippen LogP contribution in [0.4, 0.5) is 0 Å². The maximum Gasteiger partial charge on any atom is 0.494 e. The van der Waals surface area contributed by atoms with E-state index < -0.39 is 22.4 Å². The standard InChI is InChI=1S/C15H24BNO4S/c1-11(22(17,18)19)10-12-6-8-13(9-7-12)16-20-14(2,3)15(4,5)21-16/h6-9,11H,10H2,1-5H3,(H2,17,18,19). The van der Waals surface area contributed by atoms with Crippen LogP contribution in [0.3, 0.4) is 0 Å². The largest absolute Gasteiger partial charge is 0.494 e. The first-order valence-corrected chi connectivity index (χ1v) is 8.99. The number of nitrogens with two attached hydrogens (primary N) is 1. The zero-order chi connectivity index (χ0) is 16.8. The van der Waals surface area contributed by atoms with Crippen molar-refractivity contribution in [2.24, 2.45) is 5.14 Å². The lowest BCUT2D eigenvalue weighted by molar-refractivity contribution is 0.00578. The van der Waals surface area contributed by atoms with Crippen molar-refractivity contribution in [3.8, 4) is 0 Å². The molecule has 0 radical (unpaired) electrons. The first-order chi connectivity index (χ1) is 9.92. The van der Waals surface area contributed by atoms with Gasteiger partial charge in [0.1, 0.15) is 0 Å². The minimum atomic E-state index is -3.51. The van der Waals surface area contributed by atoms with E-state index in [4.69, 9.17) is 14.4 Å². The molecule has 1 aliphatic rings. The number of benzene rings is 1. The van der Waals surface area contributed by atoms with Crippen molar-refractivity contribution in [2.75, 3.05) is 0 Å². The van der Waals surface area contributed by atoms with Crippen LogP contribution >= 0.6 is 0 Å². The number of hydrogen-bond donors (Lipinski definition) is 1.